The SMILES string of the molecule is CCCC1CCCN(Cc2cc(Br)cs2)CC1. The van der Waals surface area contributed by atoms with Crippen molar-refractivity contribution in [2.45, 2.75) is 45.6 Å². The zero-order valence-corrected chi connectivity index (χ0v) is 13.0. The second kappa shape index (κ2) is 6.91. The summed E-state index contributed by atoms with van der Waals surface area (Å²) in [6.45, 7) is 6.04. The van der Waals surface area contributed by atoms with Gasteiger partial charge in [-0.3, -0.25) is 4.90 Å². The Morgan fingerprint density at radius 3 is 3.00 bits per heavy atom. The molecule has 1 aliphatic heterocycles. The molecule has 2 rings (SSSR count). The van der Waals surface area contributed by atoms with E-state index in [1.807, 2.05) is 11.3 Å². The van der Waals surface area contributed by atoms with E-state index in [9.17, 15) is 0 Å². The number of hydrogen-bond donors (Lipinski definition) is 0. The van der Waals surface area contributed by atoms with E-state index in [1.165, 1.54) is 54.5 Å². The topological polar surface area (TPSA) is 3.24 Å². The predicted molar refractivity (Wildman–Crippen MR) is 79.5 cm³/mol. The average Bonchev–Trinajstić information content (AvgIpc) is 2.58. The van der Waals surface area contributed by atoms with E-state index in [-0.39, 0.29) is 0 Å². The summed E-state index contributed by atoms with van der Waals surface area (Å²) in [5.41, 5.74) is 0. The summed E-state index contributed by atoms with van der Waals surface area (Å²) in [4.78, 5) is 4.12. The minimum absolute atomic E-state index is 0.986. The van der Waals surface area contributed by atoms with E-state index < -0.39 is 0 Å². The smallest absolute Gasteiger partial charge is 0.0328 e. The summed E-state index contributed by atoms with van der Waals surface area (Å²) in [5, 5.41) is 2.19. The molecule has 17 heavy (non-hydrogen) atoms. The Balaban J connectivity index is 1.82. The molecule has 1 nitrogen and oxygen atoms in total. The molecule has 0 spiro atoms. The van der Waals surface area contributed by atoms with Crippen LogP contribution < -0.4 is 0 Å². The molecule has 96 valence electrons. The number of hydrogen-bond acceptors (Lipinski definition) is 2. The van der Waals surface area contributed by atoms with Crippen LogP contribution in [0.25, 0.3) is 0 Å². The van der Waals surface area contributed by atoms with Crippen molar-refractivity contribution in [2.24, 2.45) is 5.92 Å². The number of likely N-dealkylation sites (tertiary alicyclic amines) is 1. The van der Waals surface area contributed by atoms with Gasteiger partial charge in [-0.05, 0) is 60.3 Å². The van der Waals surface area contributed by atoms with Gasteiger partial charge >= 0.3 is 0 Å². The van der Waals surface area contributed by atoms with Crippen molar-refractivity contribution in [2.75, 3.05) is 13.1 Å². The van der Waals surface area contributed by atoms with Crippen LogP contribution in [0.5, 0.6) is 0 Å². The van der Waals surface area contributed by atoms with E-state index in [0.717, 1.165) is 12.5 Å². The quantitative estimate of drug-likeness (QED) is 0.762. The van der Waals surface area contributed by atoms with Crippen LogP contribution in [0.1, 0.15) is 43.9 Å². The van der Waals surface area contributed by atoms with Crippen molar-refractivity contribution in [3.63, 3.8) is 0 Å². The average molecular weight is 316 g/mol. The highest BCUT2D eigenvalue weighted by atomic mass is 79.9. The van der Waals surface area contributed by atoms with E-state index in [4.69, 9.17) is 0 Å². The van der Waals surface area contributed by atoms with Crippen LogP contribution in [0, 0.1) is 5.92 Å². The lowest BCUT2D eigenvalue weighted by molar-refractivity contribution is 0.273. The zero-order chi connectivity index (χ0) is 12.1. The van der Waals surface area contributed by atoms with Gasteiger partial charge in [-0.1, -0.05) is 19.8 Å². The predicted octanol–water partition coefficient (Wildman–Crippen LogP) is 4.91. The molecule has 0 amide bonds. The summed E-state index contributed by atoms with van der Waals surface area (Å²) in [6, 6.07) is 2.26. The van der Waals surface area contributed by atoms with Crippen molar-refractivity contribution < 1.29 is 0 Å². The Kier molecular flexibility index (Phi) is 5.51. The molecule has 0 N–H and O–H groups in total. The van der Waals surface area contributed by atoms with Crippen molar-refractivity contribution in [3.05, 3.63) is 20.8 Å². The molecule has 3 heteroatoms. The van der Waals surface area contributed by atoms with E-state index in [1.54, 1.807) is 0 Å². The second-order valence-corrected chi connectivity index (χ2v) is 7.00. The summed E-state index contributed by atoms with van der Waals surface area (Å²) in [7, 11) is 0. The Morgan fingerprint density at radius 1 is 1.41 bits per heavy atom. The molecule has 0 radical (unpaired) electrons. The molecule has 1 aromatic heterocycles. The molecule has 0 bridgehead atoms. The molecule has 1 fully saturated rings. The first-order valence-corrected chi connectivity index (χ1v) is 8.40. The third-order valence-corrected chi connectivity index (χ3v) is 5.32. The first-order valence-electron chi connectivity index (χ1n) is 6.73. The van der Waals surface area contributed by atoms with Crippen LogP contribution in [0.15, 0.2) is 15.9 Å². The minimum atomic E-state index is 0.986. The van der Waals surface area contributed by atoms with Gasteiger partial charge in [0.1, 0.15) is 0 Å². The van der Waals surface area contributed by atoms with E-state index in [0.29, 0.717) is 0 Å². The first kappa shape index (κ1) is 13.6. The van der Waals surface area contributed by atoms with Gasteiger partial charge in [0, 0.05) is 21.3 Å². The number of rotatable bonds is 4. The maximum absolute atomic E-state index is 3.53. The van der Waals surface area contributed by atoms with Gasteiger partial charge in [0.15, 0.2) is 0 Å². The highest BCUT2D eigenvalue weighted by Crippen LogP contribution is 2.25. The number of halogens is 1. The van der Waals surface area contributed by atoms with Gasteiger partial charge in [-0.15, -0.1) is 11.3 Å². The summed E-state index contributed by atoms with van der Waals surface area (Å²) < 4.78 is 1.23. The van der Waals surface area contributed by atoms with Crippen LogP contribution in [0.4, 0.5) is 0 Å². The highest BCUT2D eigenvalue weighted by Gasteiger charge is 2.16. The van der Waals surface area contributed by atoms with Crippen LogP contribution in [0.2, 0.25) is 0 Å². The van der Waals surface area contributed by atoms with Crippen molar-refractivity contribution in [1.29, 1.82) is 0 Å². The monoisotopic (exact) mass is 315 g/mol. The molecule has 1 unspecified atom stereocenters. The van der Waals surface area contributed by atoms with Gasteiger partial charge in [0.25, 0.3) is 0 Å². The number of nitrogens with zero attached hydrogens (tertiary/aromatic N) is 1. The summed E-state index contributed by atoms with van der Waals surface area (Å²) in [5.74, 6) is 0.986. The van der Waals surface area contributed by atoms with Gasteiger partial charge in [-0.25, -0.2) is 0 Å². The Bertz CT molecular complexity index is 337. The van der Waals surface area contributed by atoms with Gasteiger partial charge < -0.3 is 0 Å². The fourth-order valence-electron chi connectivity index (χ4n) is 2.74. The van der Waals surface area contributed by atoms with Crippen LogP contribution in [0.3, 0.4) is 0 Å². The Labute approximate surface area is 117 Å². The Morgan fingerprint density at radius 2 is 2.29 bits per heavy atom. The first-order chi connectivity index (χ1) is 8.28. The summed E-state index contributed by atoms with van der Waals surface area (Å²) >= 11 is 5.41. The fourth-order valence-corrected chi connectivity index (χ4v) is 4.23. The molecule has 0 aromatic carbocycles. The van der Waals surface area contributed by atoms with Crippen LogP contribution in [-0.4, -0.2) is 18.0 Å². The third-order valence-electron chi connectivity index (χ3n) is 3.64. The Hall–Kier alpha value is 0.140. The highest BCUT2D eigenvalue weighted by molar-refractivity contribution is 9.10. The minimum Gasteiger partial charge on any atom is -0.298 e. The van der Waals surface area contributed by atoms with Crippen molar-refractivity contribution >= 4 is 27.3 Å². The molecular formula is C14H22BrNS. The van der Waals surface area contributed by atoms with Crippen molar-refractivity contribution in [1.82, 2.24) is 4.90 Å². The van der Waals surface area contributed by atoms with Crippen LogP contribution >= 0.6 is 27.3 Å². The lowest BCUT2D eigenvalue weighted by atomic mass is 9.96. The maximum atomic E-state index is 3.53. The van der Waals surface area contributed by atoms with Gasteiger partial charge in [0.05, 0.1) is 0 Å². The zero-order valence-electron chi connectivity index (χ0n) is 10.6. The summed E-state index contributed by atoms with van der Waals surface area (Å²) in [6.07, 6.45) is 7.01. The van der Waals surface area contributed by atoms with Crippen molar-refractivity contribution in [3.8, 4) is 0 Å². The van der Waals surface area contributed by atoms with Crippen LogP contribution in [-0.2, 0) is 6.54 Å². The number of thiophene rings is 1. The molecule has 1 atom stereocenters. The largest absolute Gasteiger partial charge is 0.298 e. The lowest BCUT2D eigenvalue weighted by Crippen LogP contribution is -2.23. The maximum Gasteiger partial charge on any atom is 0.0328 e. The third kappa shape index (κ3) is 4.38. The normalized spacial score (nSPS) is 22.6. The molecule has 0 aliphatic carbocycles. The molecule has 2 heterocycles. The lowest BCUT2D eigenvalue weighted by Gasteiger charge is -2.19. The molecule has 1 aromatic rings. The molecule has 0 saturated carbocycles. The molecule has 1 saturated heterocycles. The van der Waals surface area contributed by atoms with Gasteiger partial charge in [0.2, 0.25) is 0 Å². The standard InChI is InChI=1S/C14H22BrNS/c1-2-4-12-5-3-7-16(8-6-12)10-14-9-13(15)11-17-14/h9,11-12H,2-8,10H2,1H3. The fraction of sp³-hybridized carbons (Fsp3) is 0.714. The molecular weight excluding hydrogens is 294 g/mol. The van der Waals surface area contributed by atoms with Gasteiger partial charge in [-0.2, -0.15) is 0 Å². The second-order valence-electron chi connectivity index (χ2n) is 5.09. The molecule has 1 aliphatic rings. The van der Waals surface area contributed by atoms with E-state index in [2.05, 4.69) is 39.2 Å². The van der Waals surface area contributed by atoms with E-state index >= 15 is 0 Å².